The average Bonchev–Trinajstić information content (AvgIpc) is 2.67. The van der Waals surface area contributed by atoms with Crippen molar-refractivity contribution in [2.24, 2.45) is 5.92 Å². The minimum Gasteiger partial charge on any atom is -0.469 e. The summed E-state index contributed by atoms with van der Waals surface area (Å²) in [6.45, 7) is 1.37. The number of carbonyl (C=O) groups excluding carboxylic acids is 1. The largest absolute Gasteiger partial charge is 0.469 e. The molecule has 80 valence electrons. The van der Waals surface area contributed by atoms with Crippen LogP contribution in [0.5, 0.6) is 0 Å². The number of ether oxygens (including phenoxy) is 3. The number of hydrogen-bond donors (Lipinski definition) is 0. The maximum Gasteiger partial charge on any atom is 0.308 e. The highest BCUT2D eigenvalue weighted by Crippen LogP contribution is 2.38. The van der Waals surface area contributed by atoms with Gasteiger partial charge in [0.25, 0.3) is 0 Å². The van der Waals surface area contributed by atoms with E-state index in [0.29, 0.717) is 13.2 Å². The van der Waals surface area contributed by atoms with Gasteiger partial charge in [-0.25, -0.2) is 0 Å². The van der Waals surface area contributed by atoms with Gasteiger partial charge in [-0.05, 0) is 12.8 Å². The van der Waals surface area contributed by atoms with E-state index in [-0.39, 0.29) is 17.7 Å². The zero-order chi connectivity index (χ0) is 10.0. The third-order valence-electron chi connectivity index (χ3n) is 3.10. The van der Waals surface area contributed by atoms with Crippen LogP contribution in [0.2, 0.25) is 0 Å². The van der Waals surface area contributed by atoms with Crippen LogP contribution in [0.1, 0.15) is 25.7 Å². The van der Waals surface area contributed by atoms with Crippen molar-refractivity contribution in [2.45, 2.75) is 31.5 Å². The van der Waals surface area contributed by atoms with Crippen LogP contribution < -0.4 is 0 Å². The lowest BCUT2D eigenvalue weighted by molar-refractivity contribution is -0.187. The van der Waals surface area contributed by atoms with E-state index in [1.807, 2.05) is 0 Å². The van der Waals surface area contributed by atoms with Crippen LogP contribution in [-0.2, 0) is 19.0 Å². The standard InChI is InChI=1S/C10H16O4/c1-12-9(11)8-2-4-10(5-3-8)13-6-7-14-10/h8H,2-7H2,1H3. The van der Waals surface area contributed by atoms with E-state index in [2.05, 4.69) is 0 Å². The van der Waals surface area contributed by atoms with Crippen LogP contribution in [-0.4, -0.2) is 32.1 Å². The molecule has 1 spiro atoms. The monoisotopic (exact) mass is 200 g/mol. The first-order chi connectivity index (χ1) is 6.76. The van der Waals surface area contributed by atoms with Gasteiger partial charge in [0.05, 0.1) is 26.2 Å². The summed E-state index contributed by atoms with van der Waals surface area (Å²) >= 11 is 0. The number of hydrogen-bond acceptors (Lipinski definition) is 4. The Labute approximate surface area is 83.5 Å². The van der Waals surface area contributed by atoms with Crippen molar-refractivity contribution in [3.63, 3.8) is 0 Å². The Morgan fingerprint density at radius 2 is 1.86 bits per heavy atom. The second-order valence-electron chi connectivity index (χ2n) is 3.91. The molecule has 1 aliphatic heterocycles. The second kappa shape index (κ2) is 3.87. The van der Waals surface area contributed by atoms with Crippen LogP contribution >= 0.6 is 0 Å². The maximum atomic E-state index is 11.3. The van der Waals surface area contributed by atoms with Crippen molar-refractivity contribution in [1.82, 2.24) is 0 Å². The van der Waals surface area contributed by atoms with E-state index in [0.717, 1.165) is 25.7 Å². The Hall–Kier alpha value is -0.610. The van der Waals surface area contributed by atoms with Crippen LogP contribution in [0.4, 0.5) is 0 Å². The van der Waals surface area contributed by atoms with Crippen molar-refractivity contribution >= 4 is 5.97 Å². The van der Waals surface area contributed by atoms with Crippen LogP contribution in [0.3, 0.4) is 0 Å². The number of esters is 1. The summed E-state index contributed by atoms with van der Waals surface area (Å²) in [5.74, 6) is -0.430. The molecule has 0 unspecified atom stereocenters. The van der Waals surface area contributed by atoms with Gasteiger partial charge in [-0.1, -0.05) is 0 Å². The van der Waals surface area contributed by atoms with Gasteiger partial charge in [-0.3, -0.25) is 4.79 Å². The fourth-order valence-electron chi connectivity index (χ4n) is 2.25. The Bertz CT molecular complexity index is 210. The highest BCUT2D eigenvalue weighted by Gasteiger charge is 2.42. The first-order valence-corrected chi connectivity index (χ1v) is 5.11. The second-order valence-corrected chi connectivity index (χ2v) is 3.91. The molecule has 1 aliphatic carbocycles. The van der Waals surface area contributed by atoms with Crippen LogP contribution in [0, 0.1) is 5.92 Å². The highest BCUT2D eigenvalue weighted by molar-refractivity contribution is 5.72. The summed E-state index contributed by atoms with van der Waals surface area (Å²) in [4.78, 5) is 11.3. The summed E-state index contributed by atoms with van der Waals surface area (Å²) in [5.41, 5.74) is 0. The summed E-state index contributed by atoms with van der Waals surface area (Å²) in [7, 11) is 1.44. The molecule has 4 nitrogen and oxygen atoms in total. The Morgan fingerprint density at radius 3 is 2.36 bits per heavy atom. The predicted molar refractivity (Wildman–Crippen MR) is 48.6 cm³/mol. The minimum absolute atomic E-state index is 0.0402. The lowest BCUT2D eigenvalue weighted by Crippen LogP contribution is -2.37. The molecule has 0 aromatic heterocycles. The average molecular weight is 200 g/mol. The van der Waals surface area contributed by atoms with Crippen molar-refractivity contribution < 1.29 is 19.0 Å². The first kappa shape index (κ1) is 9.93. The zero-order valence-corrected chi connectivity index (χ0v) is 8.45. The molecule has 1 saturated carbocycles. The molecule has 0 aromatic carbocycles. The van der Waals surface area contributed by atoms with Gasteiger partial charge < -0.3 is 14.2 Å². The third kappa shape index (κ3) is 1.77. The quantitative estimate of drug-likeness (QED) is 0.594. The van der Waals surface area contributed by atoms with Gasteiger partial charge >= 0.3 is 5.97 Å². The molecule has 2 fully saturated rings. The molecule has 0 bridgehead atoms. The summed E-state index contributed by atoms with van der Waals surface area (Å²) in [5, 5.41) is 0. The normalized spacial score (nSPS) is 26.6. The topological polar surface area (TPSA) is 44.8 Å². The molecule has 0 atom stereocenters. The van der Waals surface area contributed by atoms with E-state index < -0.39 is 0 Å². The maximum absolute atomic E-state index is 11.3. The highest BCUT2D eigenvalue weighted by atomic mass is 16.7. The Balaban J connectivity index is 1.88. The fraction of sp³-hybridized carbons (Fsp3) is 0.900. The van der Waals surface area contributed by atoms with Gasteiger partial charge in [0.2, 0.25) is 0 Å². The lowest BCUT2D eigenvalue weighted by atomic mass is 9.85. The summed E-state index contributed by atoms with van der Waals surface area (Å²) in [6.07, 6.45) is 3.25. The van der Waals surface area contributed by atoms with Gasteiger partial charge in [0.1, 0.15) is 0 Å². The van der Waals surface area contributed by atoms with Crippen molar-refractivity contribution in [3.05, 3.63) is 0 Å². The van der Waals surface area contributed by atoms with E-state index in [4.69, 9.17) is 14.2 Å². The predicted octanol–water partition coefficient (Wildman–Crippen LogP) is 1.09. The summed E-state index contributed by atoms with van der Waals surface area (Å²) < 4.78 is 15.9. The Morgan fingerprint density at radius 1 is 1.29 bits per heavy atom. The molecule has 4 heteroatoms. The van der Waals surface area contributed by atoms with Crippen LogP contribution in [0.15, 0.2) is 0 Å². The van der Waals surface area contributed by atoms with Gasteiger partial charge in [0, 0.05) is 12.8 Å². The van der Waals surface area contributed by atoms with E-state index in [1.165, 1.54) is 7.11 Å². The number of methoxy groups -OCH3 is 1. The van der Waals surface area contributed by atoms with E-state index in [9.17, 15) is 4.79 Å². The molecule has 1 heterocycles. The third-order valence-corrected chi connectivity index (χ3v) is 3.10. The first-order valence-electron chi connectivity index (χ1n) is 5.11. The molecule has 2 aliphatic rings. The molecule has 0 N–H and O–H groups in total. The Kier molecular flexibility index (Phi) is 2.74. The number of rotatable bonds is 1. The molecular formula is C10H16O4. The van der Waals surface area contributed by atoms with E-state index in [1.54, 1.807) is 0 Å². The van der Waals surface area contributed by atoms with Crippen molar-refractivity contribution in [2.75, 3.05) is 20.3 Å². The van der Waals surface area contributed by atoms with Crippen molar-refractivity contribution in [3.8, 4) is 0 Å². The van der Waals surface area contributed by atoms with Crippen LogP contribution in [0.25, 0.3) is 0 Å². The molecule has 0 aromatic rings. The van der Waals surface area contributed by atoms with Gasteiger partial charge in [0.15, 0.2) is 5.79 Å². The molecule has 0 radical (unpaired) electrons. The molecule has 2 rings (SSSR count). The van der Waals surface area contributed by atoms with Gasteiger partial charge in [-0.2, -0.15) is 0 Å². The van der Waals surface area contributed by atoms with E-state index >= 15 is 0 Å². The molecular weight excluding hydrogens is 184 g/mol. The minimum atomic E-state index is -0.371. The van der Waals surface area contributed by atoms with Gasteiger partial charge in [-0.15, -0.1) is 0 Å². The smallest absolute Gasteiger partial charge is 0.308 e. The van der Waals surface area contributed by atoms with Crippen molar-refractivity contribution in [1.29, 1.82) is 0 Å². The fourth-order valence-corrected chi connectivity index (χ4v) is 2.25. The number of carbonyl (C=O) groups is 1. The zero-order valence-electron chi connectivity index (χ0n) is 8.45. The lowest BCUT2D eigenvalue weighted by Gasteiger charge is -2.34. The summed E-state index contributed by atoms with van der Waals surface area (Å²) in [6, 6.07) is 0. The molecule has 1 saturated heterocycles. The molecule has 14 heavy (non-hydrogen) atoms. The SMILES string of the molecule is COC(=O)C1CCC2(CC1)OCCO2. The molecule has 0 amide bonds.